The van der Waals surface area contributed by atoms with Gasteiger partial charge in [0.15, 0.2) is 0 Å². The van der Waals surface area contributed by atoms with Crippen LogP contribution in [-0.2, 0) is 14.8 Å². The van der Waals surface area contributed by atoms with E-state index in [9.17, 15) is 13.2 Å². The smallest absolute Gasteiger partial charge is 0.242 e. The van der Waals surface area contributed by atoms with Crippen molar-refractivity contribution in [2.75, 3.05) is 5.32 Å². The Kier molecular flexibility index (Phi) is 5.83. The molecule has 0 aliphatic heterocycles. The summed E-state index contributed by atoms with van der Waals surface area (Å²) in [6.07, 6.45) is 0. The first-order valence-corrected chi connectivity index (χ1v) is 11.2. The van der Waals surface area contributed by atoms with E-state index in [1.165, 1.54) is 17.4 Å². The van der Waals surface area contributed by atoms with Gasteiger partial charge >= 0.3 is 0 Å². The van der Waals surface area contributed by atoms with Gasteiger partial charge in [-0.15, -0.1) is 11.3 Å². The van der Waals surface area contributed by atoms with Gasteiger partial charge in [-0.3, -0.25) is 4.79 Å². The molecule has 8 heteroatoms. The SMILES string of the molecule is Cc1cccc(NC(=O)[C@@H](NS(=O)(=O)c2ccc3nc(C)sc3c2)C(C)C)c1. The maximum absolute atomic E-state index is 12.9. The number of anilines is 1. The molecule has 0 aliphatic carbocycles. The molecule has 0 unspecified atom stereocenters. The topological polar surface area (TPSA) is 88.2 Å². The first-order valence-electron chi connectivity index (χ1n) is 8.93. The number of carbonyl (C=O) groups excluding carboxylic acids is 1. The Bertz CT molecular complexity index is 1120. The number of amides is 1. The lowest BCUT2D eigenvalue weighted by molar-refractivity contribution is -0.118. The predicted molar refractivity (Wildman–Crippen MR) is 113 cm³/mol. The van der Waals surface area contributed by atoms with Crippen LogP contribution >= 0.6 is 11.3 Å². The number of carbonyl (C=O) groups is 1. The number of nitrogens with zero attached hydrogens (tertiary/aromatic N) is 1. The van der Waals surface area contributed by atoms with Crippen molar-refractivity contribution in [1.29, 1.82) is 0 Å². The van der Waals surface area contributed by atoms with Gasteiger partial charge in [-0.25, -0.2) is 13.4 Å². The highest BCUT2D eigenvalue weighted by atomic mass is 32.2. The highest BCUT2D eigenvalue weighted by Gasteiger charge is 2.28. The Hall–Kier alpha value is -2.29. The van der Waals surface area contributed by atoms with Gasteiger partial charge in [-0.05, 0) is 55.7 Å². The van der Waals surface area contributed by atoms with E-state index in [0.717, 1.165) is 20.8 Å². The summed E-state index contributed by atoms with van der Waals surface area (Å²) in [5.74, 6) is -0.618. The largest absolute Gasteiger partial charge is 0.325 e. The van der Waals surface area contributed by atoms with Crippen LogP contribution < -0.4 is 10.0 Å². The molecule has 28 heavy (non-hydrogen) atoms. The zero-order chi connectivity index (χ0) is 20.5. The normalized spacial score (nSPS) is 13.0. The van der Waals surface area contributed by atoms with Crippen LogP contribution in [0.2, 0.25) is 0 Å². The lowest BCUT2D eigenvalue weighted by Crippen LogP contribution is -2.47. The standard InChI is InChI=1S/C20H23N3O3S2/c1-12(2)19(20(24)22-15-7-5-6-13(3)10-15)23-28(25,26)16-8-9-17-18(11-16)27-14(4)21-17/h5-12,19,23H,1-4H3,(H,22,24)/t19-/m0/s1. The lowest BCUT2D eigenvalue weighted by atomic mass is 10.0. The average molecular weight is 418 g/mol. The second-order valence-electron chi connectivity index (χ2n) is 7.06. The van der Waals surface area contributed by atoms with Crippen molar-refractivity contribution >= 4 is 43.2 Å². The maximum Gasteiger partial charge on any atom is 0.242 e. The number of hydrogen-bond acceptors (Lipinski definition) is 5. The van der Waals surface area contributed by atoms with Crippen molar-refractivity contribution in [3.05, 3.63) is 53.0 Å². The van der Waals surface area contributed by atoms with Crippen LogP contribution in [0.1, 0.15) is 24.4 Å². The van der Waals surface area contributed by atoms with Crippen molar-refractivity contribution < 1.29 is 13.2 Å². The summed E-state index contributed by atoms with van der Waals surface area (Å²) >= 11 is 1.43. The predicted octanol–water partition coefficient (Wildman–Crippen LogP) is 3.85. The first kappa shape index (κ1) is 20.4. The fourth-order valence-corrected chi connectivity index (χ4v) is 5.17. The Balaban J connectivity index is 1.84. The number of hydrogen-bond donors (Lipinski definition) is 2. The molecule has 3 aromatic rings. The Morgan fingerprint density at radius 1 is 1.11 bits per heavy atom. The van der Waals surface area contributed by atoms with E-state index >= 15 is 0 Å². The van der Waals surface area contributed by atoms with Crippen molar-refractivity contribution in [2.24, 2.45) is 5.92 Å². The molecule has 2 aromatic carbocycles. The molecule has 2 N–H and O–H groups in total. The van der Waals surface area contributed by atoms with Crippen LogP contribution in [0.15, 0.2) is 47.4 Å². The van der Waals surface area contributed by atoms with Crippen LogP contribution in [0.3, 0.4) is 0 Å². The summed E-state index contributed by atoms with van der Waals surface area (Å²) < 4.78 is 29.2. The third-order valence-corrected chi connectivity index (χ3v) is 6.67. The van der Waals surface area contributed by atoms with Crippen molar-refractivity contribution in [3.8, 4) is 0 Å². The zero-order valence-electron chi connectivity index (χ0n) is 16.2. The summed E-state index contributed by atoms with van der Waals surface area (Å²) in [5, 5.41) is 3.67. The van der Waals surface area contributed by atoms with E-state index < -0.39 is 16.1 Å². The van der Waals surface area contributed by atoms with E-state index in [4.69, 9.17) is 0 Å². The van der Waals surface area contributed by atoms with Gasteiger partial charge in [0, 0.05) is 5.69 Å². The molecule has 148 valence electrons. The summed E-state index contributed by atoms with van der Waals surface area (Å²) in [7, 11) is -3.86. The van der Waals surface area contributed by atoms with E-state index in [2.05, 4.69) is 15.0 Å². The monoisotopic (exact) mass is 417 g/mol. The molecule has 3 rings (SSSR count). The minimum absolute atomic E-state index is 0.123. The fraction of sp³-hybridized carbons (Fsp3) is 0.300. The fourth-order valence-electron chi connectivity index (χ4n) is 2.86. The van der Waals surface area contributed by atoms with Gasteiger partial charge in [-0.2, -0.15) is 4.72 Å². The molecular weight excluding hydrogens is 394 g/mol. The van der Waals surface area contributed by atoms with Crippen molar-refractivity contribution in [1.82, 2.24) is 9.71 Å². The Morgan fingerprint density at radius 3 is 2.54 bits per heavy atom. The van der Waals surface area contributed by atoms with Crippen molar-refractivity contribution in [3.63, 3.8) is 0 Å². The van der Waals surface area contributed by atoms with Gasteiger partial charge in [0.2, 0.25) is 15.9 Å². The molecule has 0 bridgehead atoms. The maximum atomic E-state index is 12.9. The van der Waals surface area contributed by atoms with E-state index in [0.29, 0.717) is 5.69 Å². The average Bonchev–Trinajstić information content (AvgIpc) is 2.98. The zero-order valence-corrected chi connectivity index (χ0v) is 17.8. The minimum atomic E-state index is -3.86. The quantitative estimate of drug-likeness (QED) is 0.638. The van der Waals surface area contributed by atoms with Gasteiger partial charge in [-0.1, -0.05) is 26.0 Å². The number of nitrogens with one attached hydrogen (secondary N) is 2. The molecule has 1 atom stereocenters. The molecule has 0 radical (unpaired) electrons. The number of aromatic nitrogens is 1. The van der Waals surface area contributed by atoms with Crippen LogP contribution in [0.5, 0.6) is 0 Å². The summed E-state index contributed by atoms with van der Waals surface area (Å²) in [6.45, 7) is 7.41. The third kappa shape index (κ3) is 4.57. The van der Waals surface area contributed by atoms with Crippen LogP contribution in [0, 0.1) is 19.8 Å². The van der Waals surface area contributed by atoms with Crippen LogP contribution in [-0.4, -0.2) is 25.4 Å². The van der Waals surface area contributed by atoms with Gasteiger partial charge in [0.05, 0.1) is 20.1 Å². The van der Waals surface area contributed by atoms with Crippen LogP contribution in [0.25, 0.3) is 10.2 Å². The van der Waals surface area contributed by atoms with E-state index in [1.54, 1.807) is 32.0 Å². The number of sulfonamides is 1. The second kappa shape index (κ2) is 7.98. The first-order chi connectivity index (χ1) is 13.2. The number of benzene rings is 2. The Labute approximate surface area is 169 Å². The van der Waals surface area contributed by atoms with E-state index in [-0.39, 0.29) is 16.7 Å². The Morgan fingerprint density at radius 2 is 1.86 bits per heavy atom. The van der Waals surface area contributed by atoms with Gasteiger partial charge in [0.1, 0.15) is 6.04 Å². The highest BCUT2D eigenvalue weighted by Crippen LogP contribution is 2.25. The molecule has 0 aliphatic rings. The minimum Gasteiger partial charge on any atom is -0.325 e. The molecule has 0 saturated heterocycles. The molecule has 0 fully saturated rings. The molecule has 6 nitrogen and oxygen atoms in total. The number of aryl methyl sites for hydroxylation is 2. The summed E-state index contributed by atoms with van der Waals surface area (Å²) in [6, 6.07) is 11.3. The molecule has 0 spiro atoms. The van der Waals surface area contributed by atoms with Crippen LogP contribution in [0.4, 0.5) is 5.69 Å². The summed E-state index contributed by atoms with van der Waals surface area (Å²) in [5.41, 5.74) is 2.41. The van der Waals surface area contributed by atoms with E-state index in [1.807, 2.05) is 32.0 Å². The number of thiazole rings is 1. The number of fused-ring (bicyclic) bond motifs is 1. The molecule has 1 amide bonds. The highest BCUT2D eigenvalue weighted by molar-refractivity contribution is 7.89. The number of rotatable bonds is 6. The molecular formula is C20H23N3O3S2. The lowest BCUT2D eigenvalue weighted by Gasteiger charge is -2.21. The van der Waals surface area contributed by atoms with Gasteiger partial charge < -0.3 is 5.32 Å². The second-order valence-corrected chi connectivity index (χ2v) is 10.0. The third-order valence-electron chi connectivity index (χ3n) is 4.29. The molecule has 1 aromatic heterocycles. The van der Waals surface area contributed by atoms with Crippen molar-refractivity contribution in [2.45, 2.75) is 38.6 Å². The molecule has 0 saturated carbocycles. The van der Waals surface area contributed by atoms with Gasteiger partial charge in [0.25, 0.3) is 0 Å². The molecule has 1 heterocycles. The summed E-state index contributed by atoms with van der Waals surface area (Å²) in [4.78, 5) is 17.2.